The van der Waals surface area contributed by atoms with Gasteiger partial charge in [-0.2, -0.15) is 0 Å². The van der Waals surface area contributed by atoms with Gasteiger partial charge in [0.25, 0.3) is 0 Å². The third-order valence-corrected chi connectivity index (χ3v) is 4.17. The van der Waals surface area contributed by atoms with Crippen LogP contribution in [0.4, 0.5) is 16.0 Å². The van der Waals surface area contributed by atoms with Gasteiger partial charge >= 0.3 is 0 Å². The topological polar surface area (TPSA) is 81.1 Å². The second-order valence-corrected chi connectivity index (χ2v) is 5.95. The lowest BCUT2D eigenvalue weighted by Gasteiger charge is -2.15. The van der Waals surface area contributed by atoms with E-state index in [0.29, 0.717) is 17.2 Å². The predicted octanol–water partition coefficient (Wildman–Crippen LogP) is 3.53. The van der Waals surface area contributed by atoms with E-state index in [4.69, 9.17) is 5.73 Å². The van der Waals surface area contributed by atoms with E-state index in [2.05, 4.69) is 20.3 Å². The molecule has 0 saturated carbocycles. The summed E-state index contributed by atoms with van der Waals surface area (Å²) >= 11 is 0. The van der Waals surface area contributed by atoms with Crippen LogP contribution in [0, 0.1) is 12.7 Å². The molecule has 0 aliphatic carbocycles. The molecule has 6 nitrogen and oxygen atoms in total. The summed E-state index contributed by atoms with van der Waals surface area (Å²) in [6.45, 7) is 1.93. The van der Waals surface area contributed by atoms with Crippen molar-refractivity contribution in [2.75, 3.05) is 18.1 Å². The molecule has 0 spiro atoms. The summed E-state index contributed by atoms with van der Waals surface area (Å²) < 4.78 is 15.3. The number of pyridine rings is 1. The number of nitrogens with two attached hydrogens (primary N) is 1. The molecule has 1 aromatic carbocycles. The van der Waals surface area contributed by atoms with E-state index in [0.717, 1.165) is 28.3 Å². The molecule has 3 heterocycles. The average Bonchev–Trinajstić information content (AvgIpc) is 3.12. The normalized spacial score (nSPS) is 11.0. The van der Waals surface area contributed by atoms with Gasteiger partial charge in [0.15, 0.2) is 11.5 Å². The molecule has 0 bridgehead atoms. The SMILES string of the molecule is CNc1cc(-c2c(-c3ccc(F)cc3)nc(N)c3nccn23)cc(C)n1. The van der Waals surface area contributed by atoms with Gasteiger partial charge in [-0.05, 0) is 43.3 Å². The van der Waals surface area contributed by atoms with E-state index >= 15 is 0 Å². The maximum absolute atomic E-state index is 13.4. The summed E-state index contributed by atoms with van der Waals surface area (Å²) in [4.78, 5) is 13.3. The average molecular weight is 348 g/mol. The highest BCUT2D eigenvalue weighted by Crippen LogP contribution is 2.34. The molecule has 3 N–H and O–H groups in total. The molecule has 0 saturated heterocycles. The number of aryl methyl sites for hydroxylation is 1. The zero-order chi connectivity index (χ0) is 18.3. The number of hydrogen-bond acceptors (Lipinski definition) is 5. The molecule has 0 amide bonds. The molecule has 0 fully saturated rings. The highest BCUT2D eigenvalue weighted by atomic mass is 19.1. The third kappa shape index (κ3) is 2.63. The van der Waals surface area contributed by atoms with E-state index in [9.17, 15) is 4.39 Å². The van der Waals surface area contributed by atoms with E-state index in [-0.39, 0.29) is 5.82 Å². The fraction of sp³-hybridized carbons (Fsp3) is 0.105. The second-order valence-electron chi connectivity index (χ2n) is 5.95. The summed E-state index contributed by atoms with van der Waals surface area (Å²) in [7, 11) is 1.82. The minimum atomic E-state index is -0.302. The van der Waals surface area contributed by atoms with Crippen molar-refractivity contribution in [1.29, 1.82) is 0 Å². The Hall–Kier alpha value is -3.48. The number of nitrogens with zero attached hydrogens (tertiary/aromatic N) is 4. The first-order chi connectivity index (χ1) is 12.6. The van der Waals surface area contributed by atoms with Crippen molar-refractivity contribution in [2.45, 2.75) is 6.92 Å². The lowest BCUT2D eigenvalue weighted by molar-refractivity contribution is 0.628. The van der Waals surface area contributed by atoms with Gasteiger partial charge in [-0.1, -0.05) is 0 Å². The second kappa shape index (κ2) is 6.11. The molecular formula is C19H17FN6. The van der Waals surface area contributed by atoms with Crippen LogP contribution in [-0.2, 0) is 0 Å². The van der Waals surface area contributed by atoms with E-state index in [1.807, 2.05) is 36.7 Å². The number of rotatable bonds is 3. The molecule has 7 heteroatoms. The molecule has 0 aliphatic rings. The van der Waals surface area contributed by atoms with Gasteiger partial charge in [0.05, 0.1) is 11.4 Å². The van der Waals surface area contributed by atoms with Crippen molar-refractivity contribution in [3.63, 3.8) is 0 Å². The van der Waals surface area contributed by atoms with Gasteiger partial charge in [0.1, 0.15) is 11.6 Å². The van der Waals surface area contributed by atoms with Gasteiger partial charge in [0, 0.05) is 36.3 Å². The van der Waals surface area contributed by atoms with E-state index < -0.39 is 0 Å². The standard InChI is InChI=1S/C19H17FN6/c1-11-9-13(10-15(22-2)24-11)17-16(12-3-5-14(20)6-4-12)25-18(21)19-23-7-8-26(17)19/h3-10H,1-2H3,(H2,21,25)(H,22,24). The fourth-order valence-corrected chi connectivity index (χ4v) is 3.03. The lowest BCUT2D eigenvalue weighted by atomic mass is 10.0. The zero-order valence-electron chi connectivity index (χ0n) is 14.4. The highest BCUT2D eigenvalue weighted by Gasteiger charge is 2.17. The zero-order valence-corrected chi connectivity index (χ0v) is 14.4. The van der Waals surface area contributed by atoms with Crippen molar-refractivity contribution >= 4 is 17.3 Å². The summed E-state index contributed by atoms with van der Waals surface area (Å²) in [6, 6.07) is 10.1. The Morgan fingerprint density at radius 2 is 1.85 bits per heavy atom. The minimum absolute atomic E-state index is 0.302. The summed E-state index contributed by atoms with van der Waals surface area (Å²) in [6.07, 6.45) is 3.52. The van der Waals surface area contributed by atoms with Crippen molar-refractivity contribution in [3.8, 4) is 22.5 Å². The minimum Gasteiger partial charge on any atom is -0.381 e. The Bertz CT molecular complexity index is 1100. The highest BCUT2D eigenvalue weighted by molar-refractivity contribution is 5.84. The predicted molar refractivity (Wildman–Crippen MR) is 100 cm³/mol. The number of hydrogen-bond donors (Lipinski definition) is 2. The molecule has 4 aromatic rings. The Morgan fingerprint density at radius 3 is 2.58 bits per heavy atom. The van der Waals surface area contributed by atoms with E-state index in [1.54, 1.807) is 18.3 Å². The van der Waals surface area contributed by atoms with Crippen LogP contribution in [0.1, 0.15) is 5.69 Å². The number of anilines is 2. The van der Waals surface area contributed by atoms with Crippen LogP contribution >= 0.6 is 0 Å². The molecule has 4 rings (SSSR count). The van der Waals surface area contributed by atoms with Crippen LogP contribution in [0.25, 0.3) is 28.2 Å². The van der Waals surface area contributed by atoms with Crippen LogP contribution in [0.2, 0.25) is 0 Å². The first kappa shape index (κ1) is 16.0. The van der Waals surface area contributed by atoms with Crippen LogP contribution < -0.4 is 11.1 Å². The Labute approximate surface area is 149 Å². The van der Waals surface area contributed by atoms with Crippen molar-refractivity contribution in [2.24, 2.45) is 0 Å². The first-order valence-corrected chi connectivity index (χ1v) is 8.12. The first-order valence-electron chi connectivity index (χ1n) is 8.12. The summed E-state index contributed by atoms with van der Waals surface area (Å²) in [5, 5.41) is 3.07. The van der Waals surface area contributed by atoms with Gasteiger partial charge in [-0.15, -0.1) is 0 Å². The number of benzene rings is 1. The molecule has 3 aromatic heterocycles. The summed E-state index contributed by atoms with van der Waals surface area (Å²) in [5.74, 6) is 0.761. The van der Waals surface area contributed by atoms with Crippen molar-refractivity contribution in [1.82, 2.24) is 19.4 Å². The lowest BCUT2D eigenvalue weighted by Crippen LogP contribution is -2.04. The molecule has 26 heavy (non-hydrogen) atoms. The number of halogens is 1. The Balaban J connectivity index is 2.08. The van der Waals surface area contributed by atoms with E-state index in [1.165, 1.54) is 12.1 Å². The van der Waals surface area contributed by atoms with Gasteiger partial charge in [0.2, 0.25) is 0 Å². The van der Waals surface area contributed by atoms with Gasteiger partial charge in [-0.25, -0.2) is 19.3 Å². The number of nitrogen functional groups attached to an aromatic ring is 1. The molecule has 0 unspecified atom stereocenters. The van der Waals surface area contributed by atoms with Crippen LogP contribution in [-0.4, -0.2) is 26.4 Å². The van der Waals surface area contributed by atoms with Crippen molar-refractivity contribution in [3.05, 3.63) is 60.3 Å². The number of fused-ring (bicyclic) bond motifs is 1. The smallest absolute Gasteiger partial charge is 0.180 e. The maximum Gasteiger partial charge on any atom is 0.180 e. The molecular weight excluding hydrogens is 331 g/mol. The Morgan fingerprint density at radius 1 is 1.08 bits per heavy atom. The van der Waals surface area contributed by atoms with Crippen molar-refractivity contribution < 1.29 is 4.39 Å². The van der Waals surface area contributed by atoms with Gasteiger partial charge < -0.3 is 11.1 Å². The summed E-state index contributed by atoms with van der Waals surface area (Å²) in [5.41, 5.74) is 10.7. The number of nitrogens with one attached hydrogen (secondary N) is 1. The number of imidazole rings is 1. The van der Waals surface area contributed by atoms with Crippen LogP contribution in [0.15, 0.2) is 48.8 Å². The monoisotopic (exact) mass is 348 g/mol. The maximum atomic E-state index is 13.4. The molecule has 0 atom stereocenters. The Kier molecular flexibility index (Phi) is 3.76. The fourth-order valence-electron chi connectivity index (χ4n) is 3.03. The van der Waals surface area contributed by atoms with Crippen LogP contribution in [0.5, 0.6) is 0 Å². The molecule has 130 valence electrons. The quantitative estimate of drug-likeness (QED) is 0.592. The number of aromatic nitrogens is 4. The third-order valence-electron chi connectivity index (χ3n) is 4.17. The largest absolute Gasteiger partial charge is 0.381 e. The molecule has 0 radical (unpaired) electrons. The van der Waals surface area contributed by atoms with Crippen LogP contribution in [0.3, 0.4) is 0 Å². The molecule has 0 aliphatic heterocycles. The van der Waals surface area contributed by atoms with Gasteiger partial charge in [-0.3, -0.25) is 4.40 Å².